The summed E-state index contributed by atoms with van der Waals surface area (Å²) >= 11 is 1.57. The van der Waals surface area contributed by atoms with Crippen LogP contribution in [0.25, 0.3) is 22.2 Å². The number of amides is 1. The Hall–Kier alpha value is -2.86. The Morgan fingerprint density at radius 3 is 2.74 bits per heavy atom. The maximum atomic E-state index is 12.9. The van der Waals surface area contributed by atoms with Crippen LogP contribution < -0.4 is 10.1 Å². The molecule has 2 heterocycles. The van der Waals surface area contributed by atoms with Gasteiger partial charge in [0, 0.05) is 16.7 Å². The van der Waals surface area contributed by atoms with E-state index in [1.54, 1.807) is 11.8 Å². The molecule has 136 valence electrons. The third-order valence-corrected chi connectivity index (χ3v) is 5.12. The number of para-hydroxylation sites is 1. The summed E-state index contributed by atoms with van der Waals surface area (Å²) in [6, 6.07) is 17.3. The van der Waals surface area contributed by atoms with Gasteiger partial charge in [0.1, 0.15) is 5.75 Å². The summed E-state index contributed by atoms with van der Waals surface area (Å²) in [6.07, 6.45) is 0. The normalized spacial score (nSPS) is 13.4. The van der Waals surface area contributed by atoms with Crippen LogP contribution >= 0.6 is 11.8 Å². The monoisotopic (exact) mass is 377 g/mol. The fraction of sp³-hybridized carbons (Fsp3) is 0.190. The standard InChI is InChI=1S/C21H19N3O2S/c1-2-26-15-9-7-14(8-10-15)19-13-17(16-5-3-4-6-18(16)23-19)20(25)24-21-22-11-12-27-21/h3-10,13H,2,11-12H2,1H3,(H,22,24,25). The Bertz CT molecular complexity index is 1020. The molecule has 27 heavy (non-hydrogen) atoms. The van der Waals surface area contributed by atoms with Gasteiger partial charge in [-0.25, -0.2) is 4.98 Å². The van der Waals surface area contributed by atoms with Gasteiger partial charge >= 0.3 is 0 Å². The maximum absolute atomic E-state index is 12.9. The molecule has 1 amide bonds. The molecule has 0 spiro atoms. The molecular formula is C21H19N3O2S. The lowest BCUT2D eigenvalue weighted by molar-refractivity contribution is 0.0979. The Morgan fingerprint density at radius 1 is 1.19 bits per heavy atom. The summed E-state index contributed by atoms with van der Waals surface area (Å²) in [5, 5.41) is 4.43. The van der Waals surface area contributed by atoms with Crippen LogP contribution in [0.15, 0.2) is 59.6 Å². The minimum atomic E-state index is -0.158. The molecule has 5 nitrogen and oxygen atoms in total. The molecule has 1 aliphatic rings. The Balaban J connectivity index is 1.74. The van der Waals surface area contributed by atoms with Gasteiger partial charge in [0.2, 0.25) is 0 Å². The first-order valence-corrected chi connectivity index (χ1v) is 9.85. The summed E-state index contributed by atoms with van der Waals surface area (Å²) in [5.74, 6) is 1.56. The molecule has 4 rings (SSSR count). The van der Waals surface area contributed by atoms with E-state index < -0.39 is 0 Å². The van der Waals surface area contributed by atoms with Crippen molar-refractivity contribution in [2.75, 3.05) is 18.9 Å². The molecule has 0 fully saturated rings. The maximum Gasteiger partial charge on any atom is 0.257 e. The highest BCUT2D eigenvalue weighted by atomic mass is 32.2. The molecule has 2 aromatic carbocycles. The van der Waals surface area contributed by atoms with Crippen LogP contribution in [0.3, 0.4) is 0 Å². The summed E-state index contributed by atoms with van der Waals surface area (Å²) in [6.45, 7) is 3.32. The lowest BCUT2D eigenvalue weighted by atomic mass is 10.0. The number of ether oxygens (including phenoxy) is 1. The average molecular weight is 377 g/mol. The molecule has 1 aliphatic heterocycles. The molecule has 0 unspecified atom stereocenters. The number of thioether (sulfide) groups is 1. The number of aromatic nitrogens is 1. The van der Waals surface area contributed by atoms with E-state index in [1.807, 2.05) is 61.5 Å². The second-order valence-electron chi connectivity index (χ2n) is 6.02. The summed E-state index contributed by atoms with van der Waals surface area (Å²) in [4.78, 5) is 21.9. The van der Waals surface area contributed by atoms with Crippen LogP contribution in [0.5, 0.6) is 5.75 Å². The van der Waals surface area contributed by atoms with Crippen LogP contribution in [-0.4, -0.2) is 35.0 Å². The van der Waals surface area contributed by atoms with Crippen molar-refractivity contribution in [3.8, 4) is 17.0 Å². The Labute approximate surface area is 161 Å². The number of hydrogen-bond donors (Lipinski definition) is 1. The van der Waals surface area contributed by atoms with Crippen molar-refractivity contribution in [1.82, 2.24) is 10.3 Å². The smallest absolute Gasteiger partial charge is 0.257 e. The fourth-order valence-electron chi connectivity index (χ4n) is 2.97. The molecule has 6 heteroatoms. The van der Waals surface area contributed by atoms with Crippen molar-refractivity contribution >= 4 is 33.7 Å². The van der Waals surface area contributed by atoms with Crippen molar-refractivity contribution in [2.24, 2.45) is 4.99 Å². The number of pyridine rings is 1. The largest absolute Gasteiger partial charge is 0.494 e. The molecule has 0 atom stereocenters. The topological polar surface area (TPSA) is 63.6 Å². The molecule has 0 saturated carbocycles. The van der Waals surface area contributed by atoms with E-state index in [0.717, 1.165) is 40.2 Å². The number of aliphatic imine (C=N–C) groups is 1. The molecule has 1 aromatic heterocycles. The zero-order valence-electron chi connectivity index (χ0n) is 14.9. The van der Waals surface area contributed by atoms with E-state index in [2.05, 4.69) is 10.3 Å². The highest BCUT2D eigenvalue weighted by molar-refractivity contribution is 8.14. The second-order valence-corrected chi connectivity index (χ2v) is 7.10. The summed E-state index contributed by atoms with van der Waals surface area (Å²) < 4.78 is 5.50. The minimum Gasteiger partial charge on any atom is -0.494 e. The van der Waals surface area contributed by atoms with Gasteiger partial charge in [0.15, 0.2) is 5.17 Å². The first-order chi connectivity index (χ1) is 13.2. The minimum absolute atomic E-state index is 0.158. The number of carbonyl (C=O) groups is 1. The number of fused-ring (bicyclic) bond motifs is 1. The van der Waals surface area contributed by atoms with E-state index in [9.17, 15) is 4.79 Å². The van der Waals surface area contributed by atoms with Crippen LogP contribution in [0, 0.1) is 0 Å². The van der Waals surface area contributed by atoms with Crippen LogP contribution in [0.4, 0.5) is 0 Å². The molecule has 3 aromatic rings. The van der Waals surface area contributed by atoms with Gasteiger partial charge in [-0.05, 0) is 43.3 Å². The number of hydrogen-bond acceptors (Lipinski definition) is 5. The predicted molar refractivity (Wildman–Crippen MR) is 111 cm³/mol. The van der Waals surface area contributed by atoms with Crippen molar-refractivity contribution in [1.29, 1.82) is 0 Å². The Morgan fingerprint density at radius 2 is 2.00 bits per heavy atom. The van der Waals surface area contributed by atoms with Gasteiger partial charge in [-0.2, -0.15) is 0 Å². The lowest BCUT2D eigenvalue weighted by Gasteiger charge is -2.11. The SMILES string of the molecule is CCOc1ccc(-c2cc(C(=O)NC3=NCCS3)c3ccccc3n2)cc1. The van der Waals surface area contributed by atoms with E-state index >= 15 is 0 Å². The number of carbonyl (C=O) groups excluding carboxylic acids is 1. The third-order valence-electron chi connectivity index (χ3n) is 4.23. The number of benzene rings is 2. The van der Waals surface area contributed by atoms with Gasteiger partial charge in [-0.3, -0.25) is 9.79 Å². The van der Waals surface area contributed by atoms with Crippen LogP contribution in [0.1, 0.15) is 17.3 Å². The number of rotatable bonds is 4. The molecule has 0 aliphatic carbocycles. The first-order valence-electron chi connectivity index (χ1n) is 8.86. The highest BCUT2D eigenvalue weighted by Crippen LogP contribution is 2.26. The highest BCUT2D eigenvalue weighted by Gasteiger charge is 2.17. The molecule has 1 N–H and O–H groups in total. The van der Waals surface area contributed by atoms with Gasteiger partial charge in [-0.1, -0.05) is 30.0 Å². The Kier molecular flexibility index (Phi) is 5.07. The summed E-state index contributed by atoms with van der Waals surface area (Å²) in [5.41, 5.74) is 3.07. The third kappa shape index (κ3) is 3.80. The lowest BCUT2D eigenvalue weighted by Crippen LogP contribution is -2.27. The first kappa shape index (κ1) is 17.5. The zero-order valence-corrected chi connectivity index (χ0v) is 15.8. The summed E-state index contributed by atoms with van der Waals surface area (Å²) in [7, 11) is 0. The van der Waals surface area contributed by atoms with Gasteiger partial charge in [0.05, 0.1) is 29.9 Å². The number of nitrogens with zero attached hydrogens (tertiary/aromatic N) is 2. The quantitative estimate of drug-likeness (QED) is 0.742. The fourth-order valence-corrected chi connectivity index (χ4v) is 3.70. The molecular weight excluding hydrogens is 358 g/mol. The second kappa shape index (κ2) is 7.80. The van der Waals surface area contributed by atoms with Crippen LogP contribution in [0.2, 0.25) is 0 Å². The zero-order chi connectivity index (χ0) is 18.6. The predicted octanol–water partition coefficient (Wildman–Crippen LogP) is 4.13. The molecule has 0 bridgehead atoms. The molecule has 0 radical (unpaired) electrons. The van der Waals surface area contributed by atoms with Gasteiger partial charge in [0.25, 0.3) is 5.91 Å². The van der Waals surface area contributed by atoms with E-state index in [4.69, 9.17) is 9.72 Å². The van der Waals surface area contributed by atoms with Crippen molar-refractivity contribution < 1.29 is 9.53 Å². The van der Waals surface area contributed by atoms with E-state index in [1.165, 1.54) is 0 Å². The van der Waals surface area contributed by atoms with E-state index in [-0.39, 0.29) is 5.91 Å². The van der Waals surface area contributed by atoms with Crippen LogP contribution in [-0.2, 0) is 0 Å². The van der Waals surface area contributed by atoms with Crippen molar-refractivity contribution in [2.45, 2.75) is 6.92 Å². The number of nitrogens with one attached hydrogen (secondary N) is 1. The number of amidine groups is 1. The molecule has 0 saturated heterocycles. The van der Waals surface area contributed by atoms with Crippen molar-refractivity contribution in [3.05, 3.63) is 60.2 Å². The van der Waals surface area contributed by atoms with Gasteiger partial charge in [-0.15, -0.1) is 0 Å². The van der Waals surface area contributed by atoms with Crippen molar-refractivity contribution in [3.63, 3.8) is 0 Å². The van der Waals surface area contributed by atoms with E-state index in [0.29, 0.717) is 17.3 Å². The van der Waals surface area contributed by atoms with Gasteiger partial charge < -0.3 is 10.1 Å². The average Bonchev–Trinajstić information content (AvgIpc) is 3.21.